The van der Waals surface area contributed by atoms with Crippen LogP contribution in [-0.2, 0) is 14.3 Å². The molecule has 1 unspecified atom stereocenters. The zero-order chi connectivity index (χ0) is 20.1. The third-order valence-corrected chi connectivity index (χ3v) is 5.24. The van der Waals surface area contributed by atoms with Crippen LogP contribution in [-0.4, -0.2) is 54.5 Å². The minimum absolute atomic E-state index is 0.0119. The summed E-state index contributed by atoms with van der Waals surface area (Å²) in [6.45, 7) is 5.15. The minimum atomic E-state index is -0.384. The zero-order valence-electron chi connectivity index (χ0n) is 16.6. The van der Waals surface area contributed by atoms with E-state index in [0.29, 0.717) is 44.1 Å². The monoisotopic (exact) mass is 387 g/mol. The van der Waals surface area contributed by atoms with E-state index in [2.05, 4.69) is 10.6 Å². The number of carbonyl (C=O) groups excluding carboxylic acids is 3. The summed E-state index contributed by atoms with van der Waals surface area (Å²) < 4.78 is 5.07. The van der Waals surface area contributed by atoms with Gasteiger partial charge in [-0.1, -0.05) is 0 Å². The first-order valence-electron chi connectivity index (χ1n) is 10.1. The number of nitrogens with one attached hydrogen (secondary N) is 2. The summed E-state index contributed by atoms with van der Waals surface area (Å²) in [6, 6.07) is 7.11. The van der Waals surface area contributed by atoms with E-state index in [1.165, 1.54) is 0 Å². The molecule has 0 radical (unpaired) electrons. The summed E-state index contributed by atoms with van der Waals surface area (Å²) in [5, 5.41) is 6.16. The highest BCUT2D eigenvalue weighted by atomic mass is 16.5. The van der Waals surface area contributed by atoms with Gasteiger partial charge in [0.2, 0.25) is 5.91 Å². The Morgan fingerprint density at radius 3 is 2.32 bits per heavy atom. The van der Waals surface area contributed by atoms with Crippen molar-refractivity contribution in [3.63, 3.8) is 0 Å². The Morgan fingerprint density at radius 2 is 1.75 bits per heavy atom. The van der Waals surface area contributed by atoms with Crippen LogP contribution < -0.4 is 10.6 Å². The predicted octanol–water partition coefficient (Wildman–Crippen LogP) is 2.18. The van der Waals surface area contributed by atoms with Gasteiger partial charge in [0.05, 0.1) is 12.5 Å². The quantitative estimate of drug-likeness (QED) is 0.700. The fourth-order valence-corrected chi connectivity index (χ4v) is 3.40. The van der Waals surface area contributed by atoms with Crippen molar-refractivity contribution < 1.29 is 19.1 Å². The van der Waals surface area contributed by atoms with Gasteiger partial charge in [-0.3, -0.25) is 14.4 Å². The van der Waals surface area contributed by atoms with Crippen LogP contribution in [0.15, 0.2) is 24.3 Å². The number of anilines is 1. The van der Waals surface area contributed by atoms with Gasteiger partial charge in [0.1, 0.15) is 6.04 Å². The zero-order valence-corrected chi connectivity index (χ0v) is 16.6. The van der Waals surface area contributed by atoms with Crippen LogP contribution in [0.2, 0.25) is 0 Å². The molecule has 1 heterocycles. The van der Waals surface area contributed by atoms with Crippen molar-refractivity contribution >= 4 is 23.5 Å². The van der Waals surface area contributed by atoms with Crippen molar-refractivity contribution in [1.29, 1.82) is 0 Å². The van der Waals surface area contributed by atoms with Crippen molar-refractivity contribution in [1.82, 2.24) is 10.2 Å². The Morgan fingerprint density at radius 1 is 1.11 bits per heavy atom. The maximum atomic E-state index is 12.7. The number of hydrogen-bond acceptors (Lipinski definition) is 5. The van der Waals surface area contributed by atoms with Crippen LogP contribution >= 0.6 is 0 Å². The first kappa shape index (κ1) is 20.2. The Hall–Kier alpha value is -2.57. The molecule has 2 amide bonds. The maximum absolute atomic E-state index is 12.7. The van der Waals surface area contributed by atoms with Crippen molar-refractivity contribution in [3.05, 3.63) is 29.8 Å². The molecule has 1 atom stereocenters. The maximum Gasteiger partial charge on any atom is 0.309 e. The Labute approximate surface area is 165 Å². The Kier molecular flexibility index (Phi) is 6.54. The van der Waals surface area contributed by atoms with Crippen molar-refractivity contribution in [2.24, 2.45) is 5.92 Å². The molecule has 1 saturated carbocycles. The van der Waals surface area contributed by atoms with Gasteiger partial charge >= 0.3 is 5.97 Å². The van der Waals surface area contributed by atoms with Crippen molar-refractivity contribution in [3.8, 4) is 0 Å². The van der Waals surface area contributed by atoms with Gasteiger partial charge in [-0.2, -0.15) is 0 Å². The lowest BCUT2D eigenvalue weighted by atomic mass is 9.96. The molecule has 1 aliphatic carbocycles. The number of amides is 2. The molecule has 152 valence electrons. The van der Waals surface area contributed by atoms with Gasteiger partial charge in [0.25, 0.3) is 5.91 Å². The fourth-order valence-electron chi connectivity index (χ4n) is 3.40. The number of esters is 1. The lowest BCUT2D eigenvalue weighted by molar-refractivity contribution is -0.151. The van der Waals surface area contributed by atoms with Gasteiger partial charge in [-0.15, -0.1) is 0 Å². The van der Waals surface area contributed by atoms with Gasteiger partial charge < -0.3 is 20.3 Å². The molecule has 28 heavy (non-hydrogen) atoms. The number of nitrogens with zero attached hydrogens (tertiary/aromatic N) is 1. The largest absolute Gasteiger partial charge is 0.466 e. The summed E-state index contributed by atoms with van der Waals surface area (Å²) >= 11 is 0. The number of rotatable bonds is 7. The third-order valence-electron chi connectivity index (χ3n) is 5.24. The first-order chi connectivity index (χ1) is 13.5. The summed E-state index contributed by atoms with van der Waals surface area (Å²) in [4.78, 5) is 38.3. The topological polar surface area (TPSA) is 87.7 Å². The fraction of sp³-hybridized carbons (Fsp3) is 0.571. The van der Waals surface area contributed by atoms with E-state index in [1.54, 1.807) is 24.0 Å². The molecule has 2 fully saturated rings. The number of piperidine rings is 1. The van der Waals surface area contributed by atoms with E-state index >= 15 is 0 Å². The SMILES string of the molecule is CCOC(=O)C1CCN(C(=O)C(C)Nc2ccc(C(=O)NC3CC3)cc2)CC1. The lowest BCUT2D eigenvalue weighted by Gasteiger charge is -2.33. The predicted molar refractivity (Wildman–Crippen MR) is 106 cm³/mol. The van der Waals surface area contributed by atoms with E-state index in [-0.39, 0.29) is 29.7 Å². The normalized spacial score (nSPS) is 18.3. The van der Waals surface area contributed by atoms with E-state index in [9.17, 15) is 14.4 Å². The van der Waals surface area contributed by atoms with Gasteiger partial charge in [-0.05, 0) is 63.8 Å². The highest BCUT2D eigenvalue weighted by Gasteiger charge is 2.30. The molecule has 1 aromatic carbocycles. The molecule has 7 nitrogen and oxygen atoms in total. The van der Waals surface area contributed by atoms with E-state index in [4.69, 9.17) is 4.74 Å². The highest BCUT2D eigenvalue weighted by Crippen LogP contribution is 2.21. The van der Waals surface area contributed by atoms with Crippen LogP contribution in [0.1, 0.15) is 49.9 Å². The lowest BCUT2D eigenvalue weighted by Crippen LogP contribution is -2.46. The molecule has 7 heteroatoms. The van der Waals surface area contributed by atoms with Crippen LogP contribution in [0.25, 0.3) is 0 Å². The summed E-state index contributed by atoms with van der Waals surface area (Å²) in [7, 11) is 0. The average molecular weight is 387 g/mol. The van der Waals surface area contributed by atoms with E-state index < -0.39 is 0 Å². The Balaban J connectivity index is 1.47. The average Bonchev–Trinajstić information content (AvgIpc) is 3.52. The third kappa shape index (κ3) is 5.24. The molecule has 2 aliphatic rings. The number of likely N-dealkylation sites (tertiary alicyclic amines) is 1. The number of hydrogen-bond donors (Lipinski definition) is 2. The van der Waals surface area contributed by atoms with Crippen molar-refractivity contribution in [2.75, 3.05) is 25.0 Å². The van der Waals surface area contributed by atoms with Gasteiger partial charge in [-0.25, -0.2) is 0 Å². The molecular formula is C21H29N3O4. The van der Waals surface area contributed by atoms with Crippen LogP contribution in [0.3, 0.4) is 0 Å². The molecular weight excluding hydrogens is 358 g/mol. The number of carbonyl (C=O) groups is 3. The van der Waals surface area contributed by atoms with Crippen LogP contribution in [0, 0.1) is 5.92 Å². The number of ether oxygens (including phenoxy) is 1. The summed E-state index contributed by atoms with van der Waals surface area (Å²) in [5.41, 5.74) is 1.42. The minimum Gasteiger partial charge on any atom is -0.466 e. The first-order valence-corrected chi connectivity index (χ1v) is 10.1. The standard InChI is InChI=1S/C21H29N3O4/c1-3-28-21(27)16-10-12-24(13-11-16)20(26)14(2)22-17-6-4-15(5-7-17)19(25)23-18-8-9-18/h4-7,14,16,18,22H,3,8-13H2,1-2H3,(H,23,25). The molecule has 1 aromatic rings. The second kappa shape index (κ2) is 9.08. The summed E-state index contributed by atoms with van der Waals surface area (Å²) in [6.07, 6.45) is 3.40. The summed E-state index contributed by atoms with van der Waals surface area (Å²) in [5.74, 6) is -0.311. The van der Waals surface area contributed by atoms with Crippen molar-refractivity contribution in [2.45, 2.75) is 51.6 Å². The molecule has 0 spiro atoms. The second-order valence-electron chi connectivity index (χ2n) is 7.54. The second-order valence-corrected chi connectivity index (χ2v) is 7.54. The van der Waals surface area contributed by atoms with Gasteiger partial charge in [0.15, 0.2) is 0 Å². The molecule has 1 aliphatic heterocycles. The van der Waals surface area contributed by atoms with Crippen LogP contribution in [0.5, 0.6) is 0 Å². The van der Waals surface area contributed by atoms with Gasteiger partial charge in [0, 0.05) is 30.4 Å². The molecule has 1 saturated heterocycles. The Bertz CT molecular complexity index is 707. The highest BCUT2D eigenvalue weighted by molar-refractivity contribution is 5.95. The van der Waals surface area contributed by atoms with E-state index in [1.807, 2.05) is 19.1 Å². The molecule has 0 aromatic heterocycles. The smallest absolute Gasteiger partial charge is 0.309 e. The van der Waals surface area contributed by atoms with Crippen LogP contribution in [0.4, 0.5) is 5.69 Å². The molecule has 0 bridgehead atoms. The number of benzene rings is 1. The van der Waals surface area contributed by atoms with E-state index in [0.717, 1.165) is 18.5 Å². The molecule has 3 rings (SSSR count). The molecule has 2 N–H and O–H groups in total.